The number of rotatable bonds is 2. The van der Waals surface area contributed by atoms with E-state index in [2.05, 4.69) is 42.2 Å². The molecule has 1 aliphatic heterocycles. The summed E-state index contributed by atoms with van der Waals surface area (Å²) in [6.07, 6.45) is 5.01. The second-order valence-electron chi connectivity index (χ2n) is 7.92. The minimum Gasteiger partial charge on any atom is -0.472 e. The fourth-order valence-corrected chi connectivity index (χ4v) is 4.64. The second-order valence-corrected chi connectivity index (χ2v) is 7.92. The van der Waals surface area contributed by atoms with Crippen LogP contribution in [0.2, 0.25) is 0 Å². The van der Waals surface area contributed by atoms with Crippen LogP contribution in [0.5, 0.6) is 5.75 Å². The highest BCUT2D eigenvalue weighted by Crippen LogP contribution is 2.38. The summed E-state index contributed by atoms with van der Waals surface area (Å²) < 4.78 is 11.9. The Bertz CT molecular complexity index is 1130. The van der Waals surface area contributed by atoms with Crippen molar-refractivity contribution in [1.82, 2.24) is 0 Å². The molecule has 0 spiro atoms. The van der Waals surface area contributed by atoms with Crippen LogP contribution in [-0.2, 0) is 25.8 Å². The lowest BCUT2D eigenvalue weighted by Crippen LogP contribution is -2.32. The van der Waals surface area contributed by atoms with Crippen LogP contribution < -0.4 is 15.3 Å². The SMILES string of the molecule is CCc1cccc(N2COc3c(cc4c5c(c(=O)oc4c3C)CCCC5)C2)c1. The molecule has 0 fully saturated rings. The van der Waals surface area contributed by atoms with Gasteiger partial charge in [-0.15, -0.1) is 0 Å². The molecule has 2 aliphatic rings. The highest BCUT2D eigenvalue weighted by atomic mass is 16.5. The number of fused-ring (bicyclic) bond motifs is 4. The van der Waals surface area contributed by atoms with Crippen LogP contribution in [0.1, 0.15) is 47.6 Å². The molecule has 0 radical (unpaired) electrons. The molecule has 0 saturated heterocycles. The van der Waals surface area contributed by atoms with Gasteiger partial charge in [-0.2, -0.15) is 0 Å². The van der Waals surface area contributed by atoms with Crippen LogP contribution in [0.4, 0.5) is 5.69 Å². The lowest BCUT2D eigenvalue weighted by atomic mass is 9.89. The highest BCUT2D eigenvalue weighted by molar-refractivity contribution is 5.87. The number of hydrogen-bond acceptors (Lipinski definition) is 4. The van der Waals surface area contributed by atoms with Crippen LogP contribution in [0.15, 0.2) is 39.5 Å². The van der Waals surface area contributed by atoms with E-state index >= 15 is 0 Å². The van der Waals surface area contributed by atoms with Crippen LogP contribution in [0.25, 0.3) is 11.0 Å². The van der Waals surface area contributed by atoms with Crippen molar-refractivity contribution < 1.29 is 9.15 Å². The summed E-state index contributed by atoms with van der Waals surface area (Å²) in [4.78, 5) is 14.7. The maximum Gasteiger partial charge on any atom is 0.339 e. The molecule has 28 heavy (non-hydrogen) atoms. The van der Waals surface area contributed by atoms with E-state index in [4.69, 9.17) is 9.15 Å². The quantitative estimate of drug-likeness (QED) is 0.598. The standard InChI is InChI=1S/C24H25NO3/c1-3-16-7-6-8-18(11-16)25-13-17-12-21-19-9-4-5-10-20(19)24(26)28-23(21)15(2)22(17)27-14-25/h6-8,11-12H,3-5,9-10,13-14H2,1-2H3. The average molecular weight is 375 g/mol. The van der Waals surface area contributed by atoms with Crippen molar-refractivity contribution in [3.8, 4) is 5.75 Å². The van der Waals surface area contributed by atoms with Gasteiger partial charge < -0.3 is 14.1 Å². The Labute approximate surface area is 164 Å². The third kappa shape index (κ3) is 2.70. The van der Waals surface area contributed by atoms with E-state index < -0.39 is 0 Å². The molecule has 0 unspecified atom stereocenters. The van der Waals surface area contributed by atoms with Gasteiger partial charge in [0, 0.05) is 34.3 Å². The van der Waals surface area contributed by atoms with Crippen LogP contribution in [-0.4, -0.2) is 6.73 Å². The molecule has 2 heterocycles. The second kappa shape index (κ2) is 6.69. The number of aryl methyl sites for hydroxylation is 3. The first-order chi connectivity index (χ1) is 13.7. The Morgan fingerprint density at radius 2 is 1.93 bits per heavy atom. The van der Waals surface area contributed by atoms with Crippen molar-refractivity contribution in [2.24, 2.45) is 0 Å². The number of hydrogen-bond donors (Lipinski definition) is 0. The van der Waals surface area contributed by atoms with E-state index in [1.54, 1.807) is 0 Å². The Morgan fingerprint density at radius 1 is 1.11 bits per heavy atom. The van der Waals surface area contributed by atoms with Crippen molar-refractivity contribution in [3.63, 3.8) is 0 Å². The summed E-state index contributed by atoms with van der Waals surface area (Å²) in [6.45, 7) is 5.48. The molecule has 0 N–H and O–H groups in total. The topological polar surface area (TPSA) is 42.7 Å². The van der Waals surface area contributed by atoms with E-state index in [0.29, 0.717) is 12.3 Å². The van der Waals surface area contributed by atoms with Crippen molar-refractivity contribution in [2.45, 2.75) is 52.5 Å². The molecule has 0 bridgehead atoms. The van der Waals surface area contributed by atoms with Crippen LogP contribution in [0, 0.1) is 6.92 Å². The van der Waals surface area contributed by atoms with E-state index in [1.165, 1.54) is 22.4 Å². The van der Waals surface area contributed by atoms with Gasteiger partial charge in [0.25, 0.3) is 0 Å². The molecular weight excluding hydrogens is 350 g/mol. The zero-order valence-electron chi connectivity index (χ0n) is 16.5. The van der Waals surface area contributed by atoms with Crippen LogP contribution in [0.3, 0.4) is 0 Å². The first-order valence-electron chi connectivity index (χ1n) is 10.2. The molecule has 1 aliphatic carbocycles. The van der Waals surface area contributed by atoms with Crippen molar-refractivity contribution in [2.75, 3.05) is 11.6 Å². The van der Waals surface area contributed by atoms with Gasteiger partial charge in [-0.25, -0.2) is 4.79 Å². The van der Waals surface area contributed by atoms with Gasteiger partial charge in [0.15, 0.2) is 6.73 Å². The number of benzene rings is 2. The van der Waals surface area contributed by atoms with Crippen molar-refractivity contribution in [1.29, 1.82) is 0 Å². The van der Waals surface area contributed by atoms with Crippen molar-refractivity contribution in [3.05, 3.63) is 68.6 Å². The molecule has 4 heteroatoms. The molecule has 144 valence electrons. The van der Waals surface area contributed by atoms with E-state index in [0.717, 1.165) is 60.9 Å². The van der Waals surface area contributed by atoms with E-state index in [9.17, 15) is 4.79 Å². The normalized spacial score (nSPS) is 15.9. The van der Waals surface area contributed by atoms with Gasteiger partial charge in [-0.1, -0.05) is 19.1 Å². The number of ether oxygens (including phenoxy) is 1. The summed E-state index contributed by atoms with van der Waals surface area (Å²) in [6, 6.07) is 10.8. The molecule has 2 aromatic carbocycles. The smallest absolute Gasteiger partial charge is 0.339 e. The fourth-order valence-electron chi connectivity index (χ4n) is 4.64. The highest BCUT2D eigenvalue weighted by Gasteiger charge is 2.25. The summed E-state index contributed by atoms with van der Waals surface area (Å²) in [5.74, 6) is 0.870. The Balaban J connectivity index is 1.62. The molecule has 4 nitrogen and oxygen atoms in total. The minimum atomic E-state index is -0.168. The number of nitrogens with zero attached hydrogens (tertiary/aromatic N) is 1. The van der Waals surface area contributed by atoms with Gasteiger partial charge in [-0.3, -0.25) is 0 Å². The summed E-state index contributed by atoms with van der Waals surface area (Å²) >= 11 is 0. The van der Waals surface area contributed by atoms with Gasteiger partial charge in [0.2, 0.25) is 0 Å². The third-order valence-electron chi connectivity index (χ3n) is 6.18. The summed E-state index contributed by atoms with van der Waals surface area (Å²) in [5.41, 5.74) is 7.22. The van der Waals surface area contributed by atoms with Gasteiger partial charge in [-0.05, 0) is 68.4 Å². The average Bonchev–Trinajstić information content (AvgIpc) is 2.75. The minimum absolute atomic E-state index is 0.168. The monoisotopic (exact) mass is 375 g/mol. The molecule has 0 saturated carbocycles. The van der Waals surface area contributed by atoms with Crippen molar-refractivity contribution >= 4 is 16.7 Å². The zero-order valence-corrected chi connectivity index (χ0v) is 16.5. The molecule has 0 atom stereocenters. The first kappa shape index (κ1) is 17.4. The Morgan fingerprint density at radius 3 is 2.75 bits per heavy atom. The third-order valence-corrected chi connectivity index (χ3v) is 6.18. The Hall–Kier alpha value is -2.75. The molecule has 1 aromatic heterocycles. The maximum absolute atomic E-state index is 12.5. The fraction of sp³-hybridized carbons (Fsp3) is 0.375. The number of anilines is 1. The van der Waals surface area contributed by atoms with Crippen LogP contribution >= 0.6 is 0 Å². The van der Waals surface area contributed by atoms with E-state index in [-0.39, 0.29) is 5.63 Å². The predicted molar refractivity (Wildman–Crippen MR) is 111 cm³/mol. The largest absolute Gasteiger partial charge is 0.472 e. The first-order valence-corrected chi connectivity index (χ1v) is 10.2. The molecule has 5 rings (SSSR count). The molecule has 0 amide bonds. The predicted octanol–water partition coefficient (Wildman–Crippen LogP) is 4.90. The molecular formula is C24H25NO3. The maximum atomic E-state index is 12.5. The van der Waals surface area contributed by atoms with Gasteiger partial charge in [0.05, 0.1) is 0 Å². The molecule has 3 aromatic rings. The zero-order chi connectivity index (χ0) is 19.3. The summed E-state index contributed by atoms with van der Waals surface area (Å²) in [5, 5.41) is 1.10. The lowest BCUT2D eigenvalue weighted by Gasteiger charge is -2.32. The Kier molecular flexibility index (Phi) is 4.15. The summed E-state index contributed by atoms with van der Waals surface area (Å²) in [7, 11) is 0. The van der Waals surface area contributed by atoms with Gasteiger partial charge in [0.1, 0.15) is 11.3 Å². The lowest BCUT2D eigenvalue weighted by molar-refractivity contribution is 0.287. The van der Waals surface area contributed by atoms with Gasteiger partial charge >= 0.3 is 5.63 Å². The van der Waals surface area contributed by atoms with E-state index in [1.807, 2.05) is 6.92 Å².